The normalized spacial score (nSPS) is 25.3. The van der Waals surface area contributed by atoms with Crippen molar-refractivity contribution in [1.29, 1.82) is 0 Å². The summed E-state index contributed by atoms with van der Waals surface area (Å²) in [5.41, 5.74) is -0.731. The van der Waals surface area contributed by atoms with E-state index in [1.807, 2.05) is 18.7 Å². The molecule has 1 aliphatic heterocycles. The van der Waals surface area contributed by atoms with Crippen LogP contribution < -0.4 is 0 Å². The number of hydrogen-bond donors (Lipinski definition) is 1. The van der Waals surface area contributed by atoms with Crippen LogP contribution in [0.2, 0.25) is 0 Å². The second-order valence-electron chi connectivity index (χ2n) is 7.07. The van der Waals surface area contributed by atoms with Crippen molar-refractivity contribution in [2.45, 2.75) is 45.8 Å². The van der Waals surface area contributed by atoms with Crippen molar-refractivity contribution in [1.82, 2.24) is 4.90 Å². The van der Waals surface area contributed by atoms with Crippen LogP contribution >= 0.6 is 0 Å². The number of carboxylic acid groups (broad SMARTS) is 1. The molecule has 1 aliphatic rings. The largest absolute Gasteiger partial charge is 0.481 e. The number of rotatable bonds is 5. The van der Waals surface area contributed by atoms with Crippen molar-refractivity contribution < 1.29 is 18.3 Å². The van der Waals surface area contributed by atoms with Crippen LogP contribution in [0.4, 0.5) is 0 Å². The molecule has 0 saturated carbocycles. The summed E-state index contributed by atoms with van der Waals surface area (Å²) < 4.78 is 23.4. The molecule has 20 heavy (non-hydrogen) atoms. The van der Waals surface area contributed by atoms with Gasteiger partial charge in [0.05, 0.1) is 15.9 Å². The molecule has 1 fully saturated rings. The van der Waals surface area contributed by atoms with Gasteiger partial charge >= 0.3 is 5.97 Å². The van der Waals surface area contributed by atoms with Crippen LogP contribution in [-0.4, -0.2) is 54.5 Å². The fourth-order valence-electron chi connectivity index (χ4n) is 2.55. The summed E-state index contributed by atoms with van der Waals surface area (Å²) in [6.45, 7) is 10.4. The fourth-order valence-corrected chi connectivity index (χ4v) is 3.66. The van der Waals surface area contributed by atoms with Gasteiger partial charge in [0.25, 0.3) is 0 Å². The maximum absolute atomic E-state index is 12.1. The van der Waals surface area contributed by atoms with Gasteiger partial charge in [0.2, 0.25) is 0 Å². The first-order valence-corrected chi connectivity index (χ1v) is 8.76. The third-order valence-electron chi connectivity index (χ3n) is 4.52. The molecule has 0 radical (unpaired) electrons. The van der Waals surface area contributed by atoms with Gasteiger partial charge in [-0.25, -0.2) is 8.42 Å². The average Bonchev–Trinajstić information content (AvgIpc) is 2.70. The minimum Gasteiger partial charge on any atom is -0.481 e. The summed E-state index contributed by atoms with van der Waals surface area (Å²) >= 11 is 0. The Morgan fingerprint density at radius 2 is 1.90 bits per heavy atom. The van der Waals surface area contributed by atoms with Gasteiger partial charge < -0.3 is 10.0 Å². The highest BCUT2D eigenvalue weighted by Crippen LogP contribution is 2.38. The molecule has 1 rings (SSSR count). The van der Waals surface area contributed by atoms with E-state index in [0.29, 0.717) is 26.1 Å². The van der Waals surface area contributed by atoms with E-state index in [1.165, 1.54) is 0 Å². The molecule has 0 aliphatic carbocycles. The van der Waals surface area contributed by atoms with Crippen LogP contribution in [0, 0.1) is 11.3 Å². The SMILES string of the molecule is CC(C)C1(C(=O)O)CCN(CCS(=O)(=O)C(C)(C)C)C1. The minimum absolute atomic E-state index is 0.0456. The predicted molar refractivity (Wildman–Crippen MR) is 79.5 cm³/mol. The molecule has 1 unspecified atom stereocenters. The summed E-state index contributed by atoms with van der Waals surface area (Å²) in [6, 6.07) is 0. The van der Waals surface area contributed by atoms with Gasteiger partial charge in [0, 0.05) is 13.1 Å². The molecule has 1 atom stereocenters. The van der Waals surface area contributed by atoms with E-state index in [2.05, 4.69) is 0 Å². The van der Waals surface area contributed by atoms with E-state index in [-0.39, 0.29) is 11.7 Å². The van der Waals surface area contributed by atoms with Crippen molar-refractivity contribution in [3.8, 4) is 0 Å². The van der Waals surface area contributed by atoms with E-state index in [4.69, 9.17) is 0 Å². The summed E-state index contributed by atoms with van der Waals surface area (Å²) in [6.07, 6.45) is 0.593. The zero-order chi connectivity index (χ0) is 15.8. The topological polar surface area (TPSA) is 74.7 Å². The Kier molecular flexibility index (Phi) is 4.91. The molecule has 0 aromatic rings. The van der Waals surface area contributed by atoms with Crippen LogP contribution in [-0.2, 0) is 14.6 Å². The Hall–Kier alpha value is -0.620. The Morgan fingerprint density at radius 1 is 1.35 bits per heavy atom. The van der Waals surface area contributed by atoms with E-state index in [0.717, 1.165) is 0 Å². The van der Waals surface area contributed by atoms with Gasteiger partial charge in [-0.2, -0.15) is 0 Å². The van der Waals surface area contributed by atoms with Crippen molar-refractivity contribution in [3.05, 3.63) is 0 Å². The van der Waals surface area contributed by atoms with E-state index >= 15 is 0 Å². The molecule has 6 heteroatoms. The van der Waals surface area contributed by atoms with Crippen molar-refractivity contribution >= 4 is 15.8 Å². The quantitative estimate of drug-likeness (QED) is 0.835. The zero-order valence-electron chi connectivity index (χ0n) is 13.1. The average molecular weight is 305 g/mol. The summed E-state index contributed by atoms with van der Waals surface area (Å²) in [4.78, 5) is 13.5. The van der Waals surface area contributed by atoms with E-state index in [9.17, 15) is 18.3 Å². The molecule has 0 spiro atoms. The number of aliphatic carboxylic acids is 1. The summed E-state index contributed by atoms with van der Waals surface area (Å²) in [5, 5.41) is 9.46. The third kappa shape index (κ3) is 3.34. The number of hydrogen-bond acceptors (Lipinski definition) is 4. The molecular weight excluding hydrogens is 278 g/mol. The third-order valence-corrected chi connectivity index (χ3v) is 7.11. The molecule has 5 nitrogen and oxygen atoms in total. The minimum atomic E-state index is -3.15. The maximum Gasteiger partial charge on any atom is 0.311 e. The summed E-state index contributed by atoms with van der Waals surface area (Å²) in [7, 11) is -3.15. The van der Waals surface area contributed by atoms with Crippen LogP contribution in [0.1, 0.15) is 41.0 Å². The van der Waals surface area contributed by atoms with Crippen LogP contribution in [0.25, 0.3) is 0 Å². The van der Waals surface area contributed by atoms with Gasteiger partial charge in [0.15, 0.2) is 9.84 Å². The Bertz CT molecular complexity index is 464. The second kappa shape index (κ2) is 5.64. The molecule has 1 N–H and O–H groups in total. The molecule has 1 saturated heterocycles. The van der Waals surface area contributed by atoms with Crippen molar-refractivity contribution in [2.75, 3.05) is 25.4 Å². The van der Waals surface area contributed by atoms with Crippen LogP contribution in [0.3, 0.4) is 0 Å². The number of carbonyl (C=O) groups is 1. The van der Waals surface area contributed by atoms with Gasteiger partial charge in [0.1, 0.15) is 0 Å². The highest BCUT2D eigenvalue weighted by atomic mass is 32.2. The van der Waals surface area contributed by atoms with E-state index < -0.39 is 26.0 Å². The smallest absolute Gasteiger partial charge is 0.311 e. The Morgan fingerprint density at radius 3 is 2.25 bits per heavy atom. The highest BCUT2D eigenvalue weighted by Gasteiger charge is 2.47. The first kappa shape index (κ1) is 17.4. The predicted octanol–water partition coefficient (Wildman–Crippen LogP) is 1.63. The Balaban J connectivity index is 2.69. The lowest BCUT2D eigenvalue weighted by atomic mass is 9.76. The lowest BCUT2D eigenvalue weighted by Gasteiger charge is -2.29. The fraction of sp³-hybridized carbons (Fsp3) is 0.929. The molecule has 0 bridgehead atoms. The first-order valence-electron chi connectivity index (χ1n) is 7.10. The lowest BCUT2D eigenvalue weighted by molar-refractivity contribution is -0.150. The number of likely N-dealkylation sites (tertiary alicyclic amines) is 1. The monoisotopic (exact) mass is 305 g/mol. The first-order chi connectivity index (χ1) is 8.92. The second-order valence-corrected chi connectivity index (χ2v) is 9.94. The molecular formula is C14H27NO4S. The Labute approximate surface area is 122 Å². The lowest BCUT2D eigenvalue weighted by Crippen LogP contribution is -2.41. The van der Waals surface area contributed by atoms with Crippen LogP contribution in [0.5, 0.6) is 0 Å². The zero-order valence-corrected chi connectivity index (χ0v) is 14.0. The molecule has 0 amide bonds. The van der Waals surface area contributed by atoms with Gasteiger partial charge in [-0.1, -0.05) is 13.8 Å². The molecule has 0 aromatic heterocycles. The van der Waals surface area contributed by atoms with Crippen molar-refractivity contribution in [3.63, 3.8) is 0 Å². The maximum atomic E-state index is 12.1. The molecule has 118 valence electrons. The van der Waals surface area contributed by atoms with Gasteiger partial charge in [-0.05, 0) is 39.7 Å². The highest BCUT2D eigenvalue weighted by molar-refractivity contribution is 7.92. The van der Waals surface area contributed by atoms with E-state index in [1.54, 1.807) is 20.8 Å². The summed E-state index contributed by atoms with van der Waals surface area (Å²) in [5.74, 6) is -0.637. The van der Waals surface area contributed by atoms with Crippen LogP contribution in [0.15, 0.2) is 0 Å². The molecule has 0 aromatic carbocycles. The molecule has 1 heterocycles. The number of carboxylic acids is 1. The number of sulfone groups is 1. The van der Waals surface area contributed by atoms with Gasteiger partial charge in [-0.3, -0.25) is 4.79 Å². The standard InChI is InChI=1S/C14H27NO4S/c1-11(2)14(12(16)17)6-7-15(10-14)8-9-20(18,19)13(3,4)5/h11H,6-10H2,1-5H3,(H,16,17). The van der Waals surface area contributed by atoms with Gasteiger partial charge in [-0.15, -0.1) is 0 Å². The van der Waals surface area contributed by atoms with Crippen molar-refractivity contribution in [2.24, 2.45) is 11.3 Å². The number of nitrogens with zero attached hydrogens (tertiary/aromatic N) is 1.